The molecule has 132 valence electrons. The first kappa shape index (κ1) is 17.8. The SMILES string of the molecule is Cc1cc(C)c(COc2ccc([C@H]3N[C@H](C(=O)O)CS3)cc2)c(C)c1. The van der Waals surface area contributed by atoms with Crippen molar-refractivity contribution in [2.24, 2.45) is 0 Å². The molecule has 5 heteroatoms. The van der Waals surface area contributed by atoms with Gasteiger partial charge in [-0.05, 0) is 55.2 Å². The molecule has 1 fully saturated rings. The lowest BCUT2D eigenvalue weighted by Gasteiger charge is -2.14. The first-order chi connectivity index (χ1) is 11.9. The van der Waals surface area contributed by atoms with Crippen molar-refractivity contribution in [2.75, 3.05) is 5.75 Å². The number of thioether (sulfide) groups is 1. The van der Waals surface area contributed by atoms with Crippen LogP contribution in [-0.4, -0.2) is 22.9 Å². The highest BCUT2D eigenvalue weighted by Crippen LogP contribution is 2.33. The van der Waals surface area contributed by atoms with Crippen LogP contribution in [0.2, 0.25) is 0 Å². The number of hydrogen-bond donors (Lipinski definition) is 2. The summed E-state index contributed by atoms with van der Waals surface area (Å²) < 4.78 is 5.95. The average Bonchev–Trinajstić information content (AvgIpc) is 3.04. The van der Waals surface area contributed by atoms with Crippen LogP contribution in [0.5, 0.6) is 5.75 Å². The Balaban J connectivity index is 1.63. The van der Waals surface area contributed by atoms with Gasteiger partial charge in [-0.15, -0.1) is 11.8 Å². The van der Waals surface area contributed by atoms with Crippen LogP contribution in [0.3, 0.4) is 0 Å². The Morgan fingerprint density at radius 3 is 2.40 bits per heavy atom. The normalized spacial score (nSPS) is 19.8. The molecule has 2 aromatic carbocycles. The lowest BCUT2D eigenvalue weighted by molar-refractivity contribution is -0.138. The summed E-state index contributed by atoms with van der Waals surface area (Å²) >= 11 is 1.62. The standard InChI is InChI=1S/C20H23NO3S/c1-12-8-13(2)17(14(3)9-12)10-24-16-6-4-15(5-7-16)19-21-18(11-25-19)20(22)23/h4-9,18-19,21H,10-11H2,1-3H3,(H,22,23)/t18-,19-/m0/s1. The predicted octanol–water partition coefficient (Wildman–Crippen LogP) is 3.98. The van der Waals surface area contributed by atoms with Crippen molar-refractivity contribution in [1.82, 2.24) is 5.32 Å². The Morgan fingerprint density at radius 1 is 1.20 bits per heavy atom. The Bertz CT molecular complexity index is 750. The molecule has 4 nitrogen and oxygen atoms in total. The van der Waals surface area contributed by atoms with Crippen molar-refractivity contribution in [1.29, 1.82) is 0 Å². The number of ether oxygens (including phenoxy) is 1. The van der Waals surface area contributed by atoms with Gasteiger partial charge in [0.05, 0.1) is 5.37 Å². The van der Waals surface area contributed by atoms with Gasteiger partial charge in [0.1, 0.15) is 18.4 Å². The fraction of sp³-hybridized carbons (Fsp3) is 0.350. The highest BCUT2D eigenvalue weighted by atomic mass is 32.2. The van der Waals surface area contributed by atoms with Gasteiger partial charge in [0.2, 0.25) is 0 Å². The van der Waals surface area contributed by atoms with Gasteiger partial charge in [-0.25, -0.2) is 0 Å². The van der Waals surface area contributed by atoms with Crippen molar-refractivity contribution >= 4 is 17.7 Å². The minimum absolute atomic E-state index is 0.0248. The van der Waals surface area contributed by atoms with E-state index >= 15 is 0 Å². The van der Waals surface area contributed by atoms with Crippen LogP contribution < -0.4 is 10.1 Å². The zero-order valence-corrected chi connectivity index (χ0v) is 15.5. The molecule has 25 heavy (non-hydrogen) atoms. The minimum atomic E-state index is -0.793. The Morgan fingerprint density at radius 2 is 1.84 bits per heavy atom. The molecule has 0 spiro atoms. The molecule has 0 bridgehead atoms. The van der Waals surface area contributed by atoms with Crippen LogP contribution in [0.4, 0.5) is 0 Å². The second kappa shape index (κ2) is 7.50. The van der Waals surface area contributed by atoms with E-state index in [0.717, 1.165) is 11.3 Å². The van der Waals surface area contributed by atoms with Crippen LogP contribution in [-0.2, 0) is 11.4 Å². The van der Waals surface area contributed by atoms with E-state index in [1.54, 1.807) is 11.8 Å². The second-order valence-electron chi connectivity index (χ2n) is 6.51. The minimum Gasteiger partial charge on any atom is -0.489 e. The van der Waals surface area contributed by atoms with E-state index in [0.29, 0.717) is 12.4 Å². The van der Waals surface area contributed by atoms with E-state index in [2.05, 4.69) is 38.2 Å². The summed E-state index contributed by atoms with van der Waals surface area (Å²) in [6, 6.07) is 11.8. The van der Waals surface area contributed by atoms with Gasteiger partial charge in [0, 0.05) is 5.75 Å². The third kappa shape index (κ3) is 4.17. The average molecular weight is 357 g/mol. The van der Waals surface area contributed by atoms with Crippen molar-refractivity contribution in [3.8, 4) is 5.75 Å². The highest BCUT2D eigenvalue weighted by Gasteiger charge is 2.30. The number of aliphatic carboxylic acids is 1. The van der Waals surface area contributed by atoms with Gasteiger partial charge in [-0.2, -0.15) is 0 Å². The number of benzene rings is 2. The van der Waals surface area contributed by atoms with Gasteiger partial charge in [0.15, 0.2) is 0 Å². The maximum atomic E-state index is 11.0. The van der Waals surface area contributed by atoms with E-state index in [-0.39, 0.29) is 5.37 Å². The number of carboxylic acid groups (broad SMARTS) is 1. The molecule has 0 unspecified atom stereocenters. The van der Waals surface area contributed by atoms with E-state index in [1.807, 2.05) is 24.3 Å². The van der Waals surface area contributed by atoms with E-state index < -0.39 is 12.0 Å². The maximum absolute atomic E-state index is 11.0. The molecule has 2 atom stereocenters. The first-order valence-corrected chi connectivity index (χ1v) is 9.39. The zero-order valence-electron chi connectivity index (χ0n) is 14.7. The molecule has 1 saturated heterocycles. The molecule has 0 amide bonds. The summed E-state index contributed by atoms with van der Waals surface area (Å²) in [5.74, 6) is 0.615. The molecule has 3 rings (SSSR count). The molecule has 0 aliphatic carbocycles. The molecule has 0 radical (unpaired) electrons. The van der Waals surface area contributed by atoms with Gasteiger partial charge in [-0.3, -0.25) is 10.1 Å². The van der Waals surface area contributed by atoms with Gasteiger partial charge >= 0.3 is 5.97 Å². The first-order valence-electron chi connectivity index (χ1n) is 8.34. The number of rotatable bonds is 5. The quantitative estimate of drug-likeness (QED) is 0.848. The lowest BCUT2D eigenvalue weighted by Crippen LogP contribution is -2.33. The molecule has 1 aliphatic rings. The van der Waals surface area contributed by atoms with E-state index in [1.165, 1.54) is 22.3 Å². The summed E-state index contributed by atoms with van der Waals surface area (Å²) in [6.45, 7) is 6.88. The topological polar surface area (TPSA) is 58.6 Å². The molecule has 0 saturated carbocycles. The van der Waals surface area contributed by atoms with Gasteiger partial charge in [-0.1, -0.05) is 29.8 Å². The van der Waals surface area contributed by atoms with Gasteiger partial charge in [0.25, 0.3) is 0 Å². The summed E-state index contributed by atoms with van der Waals surface area (Å²) in [7, 11) is 0. The monoisotopic (exact) mass is 357 g/mol. The zero-order chi connectivity index (χ0) is 18.0. The Hall–Kier alpha value is -1.98. The molecular weight excluding hydrogens is 334 g/mol. The van der Waals surface area contributed by atoms with Crippen LogP contribution in [0.1, 0.15) is 33.2 Å². The number of aryl methyl sites for hydroxylation is 3. The second-order valence-corrected chi connectivity index (χ2v) is 7.64. The fourth-order valence-corrected chi connectivity index (χ4v) is 4.37. The van der Waals surface area contributed by atoms with Crippen molar-refractivity contribution in [3.63, 3.8) is 0 Å². The van der Waals surface area contributed by atoms with Gasteiger partial charge < -0.3 is 9.84 Å². The number of carboxylic acids is 1. The van der Waals surface area contributed by atoms with Crippen molar-refractivity contribution < 1.29 is 14.6 Å². The van der Waals surface area contributed by atoms with Crippen LogP contribution in [0.25, 0.3) is 0 Å². The number of hydrogen-bond acceptors (Lipinski definition) is 4. The summed E-state index contributed by atoms with van der Waals surface area (Å²) in [4.78, 5) is 11.0. The van der Waals surface area contributed by atoms with Crippen LogP contribution in [0, 0.1) is 20.8 Å². The number of nitrogens with one attached hydrogen (secondary N) is 1. The smallest absolute Gasteiger partial charge is 0.321 e. The molecule has 1 heterocycles. The number of carbonyl (C=O) groups is 1. The van der Waals surface area contributed by atoms with Crippen LogP contribution >= 0.6 is 11.8 Å². The Kier molecular flexibility index (Phi) is 5.35. The molecule has 0 aromatic heterocycles. The highest BCUT2D eigenvalue weighted by molar-refractivity contribution is 7.99. The van der Waals surface area contributed by atoms with E-state index in [9.17, 15) is 4.79 Å². The van der Waals surface area contributed by atoms with Crippen LogP contribution in [0.15, 0.2) is 36.4 Å². The summed E-state index contributed by atoms with van der Waals surface area (Å²) in [6.07, 6.45) is 0. The van der Waals surface area contributed by atoms with Crippen molar-refractivity contribution in [2.45, 2.75) is 38.8 Å². The third-order valence-electron chi connectivity index (χ3n) is 4.49. The van der Waals surface area contributed by atoms with Crippen molar-refractivity contribution in [3.05, 3.63) is 64.2 Å². The molecule has 1 aliphatic heterocycles. The largest absolute Gasteiger partial charge is 0.489 e. The maximum Gasteiger partial charge on any atom is 0.321 e. The Labute approximate surface area is 152 Å². The molecule has 2 aromatic rings. The summed E-state index contributed by atoms with van der Waals surface area (Å²) in [5.41, 5.74) is 6.07. The lowest BCUT2D eigenvalue weighted by atomic mass is 10.0. The summed E-state index contributed by atoms with van der Waals surface area (Å²) in [5, 5.41) is 12.2. The third-order valence-corrected chi connectivity index (χ3v) is 5.75. The fourth-order valence-electron chi connectivity index (χ4n) is 3.14. The molecule has 2 N–H and O–H groups in total. The predicted molar refractivity (Wildman–Crippen MR) is 101 cm³/mol. The molecular formula is C20H23NO3S. The van der Waals surface area contributed by atoms with E-state index in [4.69, 9.17) is 9.84 Å².